The highest BCUT2D eigenvalue weighted by atomic mass is 16.5. The Hall–Kier alpha value is -1.62. The first-order valence-electron chi connectivity index (χ1n) is 6.22. The van der Waals surface area contributed by atoms with Gasteiger partial charge in [-0.05, 0) is 31.9 Å². The van der Waals surface area contributed by atoms with Gasteiger partial charge in [-0.3, -0.25) is 4.79 Å². The van der Waals surface area contributed by atoms with Crippen molar-refractivity contribution in [3.63, 3.8) is 0 Å². The van der Waals surface area contributed by atoms with Gasteiger partial charge >= 0.3 is 0 Å². The standard InChI is InChI=1S/C13H20N2O3/c1-3-10(7-9-16)15-13(17)12-11(18-4-2)6-5-8-14-12/h5-6,8,10,16H,3-4,7,9H2,1-2H3,(H,15,17). The van der Waals surface area contributed by atoms with Gasteiger partial charge in [-0.25, -0.2) is 4.98 Å². The quantitative estimate of drug-likeness (QED) is 0.769. The molecular formula is C13H20N2O3. The summed E-state index contributed by atoms with van der Waals surface area (Å²) < 4.78 is 5.36. The van der Waals surface area contributed by atoms with E-state index in [4.69, 9.17) is 9.84 Å². The molecule has 5 nitrogen and oxygen atoms in total. The molecule has 0 fully saturated rings. The number of carbonyl (C=O) groups excluding carboxylic acids is 1. The Labute approximate surface area is 107 Å². The summed E-state index contributed by atoms with van der Waals surface area (Å²) in [5.41, 5.74) is 0.288. The predicted octanol–water partition coefficient (Wildman–Crippen LogP) is 1.37. The van der Waals surface area contributed by atoms with Crippen molar-refractivity contribution in [1.82, 2.24) is 10.3 Å². The van der Waals surface area contributed by atoms with E-state index >= 15 is 0 Å². The number of aliphatic hydroxyl groups excluding tert-OH is 1. The maximum atomic E-state index is 12.0. The Bertz CT molecular complexity index is 382. The van der Waals surface area contributed by atoms with Gasteiger partial charge in [0.25, 0.3) is 5.91 Å². The average molecular weight is 252 g/mol. The van der Waals surface area contributed by atoms with Crippen molar-refractivity contribution in [3.8, 4) is 5.75 Å². The third kappa shape index (κ3) is 4.00. The van der Waals surface area contributed by atoms with E-state index in [9.17, 15) is 4.79 Å². The first-order chi connectivity index (χ1) is 8.72. The van der Waals surface area contributed by atoms with Gasteiger partial charge in [-0.2, -0.15) is 0 Å². The van der Waals surface area contributed by atoms with Gasteiger partial charge < -0.3 is 15.2 Å². The van der Waals surface area contributed by atoms with E-state index in [2.05, 4.69) is 10.3 Å². The normalized spacial score (nSPS) is 11.9. The van der Waals surface area contributed by atoms with Crippen LogP contribution in [0.1, 0.15) is 37.2 Å². The van der Waals surface area contributed by atoms with Gasteiger partial charge in [-0.1, -0.05) is 6.92 Å². The highest BCUT2D eigenvalue weighted by Crippen LogP contribution is 2.15. The minimum Gasteiger partial charge on any atom is -0.491 e. The van der Waals surface area contributed by atoms with Crippen LogP contribution in [0.15, 0.2) is 18.3 Å². The van der Waals surface area contributed by atoms with Crippen LogP contribution in [-0.4, -0.2) is 35.3 Å². The number of ether oxygens (including phenoxy) is 1. The summed E-state index contributed by atoms with van der Waals surface area (Å²) in [7, 11) is 0. The average Bonchev–Trinajstić information content (AvgIpc) is 2.39. The number of pyridine rings is 1. The van der Waals surface area contributed by atoms with Crippen LogP contribution in [0.2, 0.25) is 0 Å². The van der Waals surface area contributed by atoms with Crippen LogP contribution in [0.4, 0.5) is 0 Å². The summed E-state index contributed by atoms with van der Waals surface area (Å²) in [6.07, 6.45) is 2.87. The molecule has 18 heavy (non-hydrogen) atoms. The fourth-order valence-corrected chi connectivity index (χ4v) is 1.62. The van der Waals surface area contributed by atoms with Gasteiger partial charge in [0.2, 0.25) is 0 Å². The Morgan fingerprint density at radius 1 is 1.56 bits per heavy atom. The lowest BCUT2D eigenvalue weighted by atomic mass is 10.1. The summed E-state index contributed by atoms with van der Waals surface area (Å²) in [4.78, 5) is 16.1. The van der Waals surface area contributed by atoms with Gasteiger partial charge in [0, 0.05) is 18.8 Å². The van der Waals surface area contributed by atoms with Gasteiger partial charge in [0.1, 0.15) is 0 Å². The highest BCUT2D eigenvalue weighted by Gasteiger charge is 2.16. The highest BCUT2D eigenvalue weighted by molar-refractivity contribution is 5.95. The van der Waals surface area contributed by atoms with Crippen molar-refractivity contribution in [3.05, 3.63) is 24.0 Å². The number of nitrogens with one attached hydrogen (secondary N) is 1. The second kappa shape index (κ2) is 7.66. The molecule has 1 aromatic heterocycles. The SMILES string of the molecule is CCOc1cccnc1C(=O)NC(CC)CCO. The maximum absolute atomic E-state index is 12.0. The summed E-state index contributed by atoms with van der Waals surface area (Å²) in [5.74, 6) is 0.218. The number of carbonyl (C=O) groups is 1. The number of rotatable bonds is 7. The van der Waals surface area contributed by atoms with Crippen LogP contribution in [-0.2, 0) is 0 Å². The van der Waals surface area contributed by atoms with Crippen molar-refractivity contribution in [1.29, 1.82) is 0 Å². The fourth-order valence-electron chi connectivity index (χ4n) is 1.62. The molecule has 0 saturated carbocycles. The monoisotopic (exact) mass is 252 g/mol. The molecule has 100 valence electrons. The molecule has 0 aliphatic rings. The zero-order chi connectivity index (χ0) is 13.4. The lowest BCUT2D eigenvalue weighted by Crippen LogP contribution is -2.35. The van der Waals surface area contributed by atoms with E-state index in [1.165, 1.54) is 0 Å². The van der Waals surface area contributed by atoms with Crippen LogP contribution in [0.5, 0.6) is 5.75 Å². The minimum atomic E-state index is -0.264. The zero-order valence-corrected chi connectivity index (χ0v) is 10.8. The third-order valence-corrected chi connectivity index (χ3v) is 2.59. The number of hydrogen-bond donors (Lipinski definition) is 2. The summed E-state index contributed by atoms with van der Waals surface area (Å²) in [5, 5.41) is 11.7. The molecule has 1 aromatic rings. The Morgan fingerprint density at radius 2 is 2.33 bits per heavy atom. The summed E-state index contributed by atoms with van der Waals surface area (Å²) in [6.45, 7) is 4.36. The predicted molar refractivity (Wildman–Crippen MR) is 68.7 cm³/mol. The second-order valence-electron chi connectivity index (χ2n) is 3.87. The van der Waals surface area contributed by atoms with Crippen molar-refractivity contribution in [2.24, 2.45) is 0 Å². The third-order valence-electron chi connectivity index (χ3n) is 2.59. The van der Waals surface area contributed by atoms with Crippen molar-refractivity contribution >= 4 is 5.91 Å². The molecule has 0 saturated heterocycles. The molecular weight excluding hydrogens is 232 g/mol. The van der Waals surface area contributed by atoms with Crippen LogP contribution in [0.25, 0.3) is 0 Å². The molecule has 5 heteroatoms. The lowest BCUT2D eigenvalue weighted by Gasteiger charge is -2.16. The van der Waals surface area contributed by atoms with Crippen LogP contribution in [0.3, 0.4) is 0 Å². The first kappa shape index (κ1) is 14.4. The van der Waals surface area contributed by atoms with E-state index in [0.717, 1.165) is 6.42 Å². The summed E-state index contributed by atoms with van der Waals surface area (Å²) in [6, 6.07) is 3.41. The fraction of sp³-hybridized carbons (Fsp3) is 0.538. The molecule has 1 atom stereocenters. The number of aromatic nitrogens is 1. The maximum Gasteiger partial charge on any atom is 0.273 e. The molecule has 1 heterocycles. The Morgan fingerprint density at radius 3 is 2.94 bits per heavy atom. The molecule has 0 aliphatic heterocycles. The van der Waals surface area contributed by atoms with Crippen molar-refractivity contribution in [2.45, 2.75) is 32.7 Å². The van der Waals surface area contributed by atoms with E-state index < -0.39 is 0 Å². The molecule has 0 radical (unpaired) electrons. The molecule has 2 N–H and O–H groups in total. The lowest BCUT2D eigenvalue weighted by molar-refractivity contribution is 0.0920. The Kier molecular flexibility index (Phi) is 6.14. The van der Waals surface area contributed by atoms with Crippen LogP contribution < -0.4 is 10.1 Å². The smallest absolute Gasteiger partial charge is 0.273 e. The number of aliphatic hydroxyl groups is 1. The topological polar surface area (TPSA) is 71.5 Å². The molecule has 0 aromatic carbocycles. The Balaban J connectivity index is 2.76. The molecule has 1 unspecified atom stereocenters. The second-order valence-corrected chi connectivity index (χ2v) is 3.87. The first-order valence-corrected chi connectivity index (χ1v) is 6.22. The van der Waals surface area contributed by atoms with E-state index in [0.29, 0.717) is 18.8 Å². The van der Waals surface area contributed by atoms with Gasteiger partial charge in [0.15, 0.2) is 11.4 Å². The summed E-state index contributed by atoms with van der Waals surface area (Å²) >= 11 is 0. The zero-order valence-electron chi connectivity index (χ0n) is 10.8. The van der Waals surface area contributed by atoms with E-state index in [1.807, 2.05) is 13.8 Å². The molecule has 1 rings (SSSR count). The van der Waals surface area contributed by atoms with Gasteiger partial charge in [-0.15, -0.1) is 0 Å². The number of amides is 1. The van der Waals surface area contributed by atoms with Crippen LogP contribution >= 0.6 is 0 Å². The molecule has 0 spiro atoms. The van der Waals surface area contributed by atoms with E-state index in [-0.39, 0.29) is 24.2 Å². The molecule has 0 aliphatic carbocycles. The van der Waals surface area contributed by atoms with E-state index in [1.54, 1.807) is 18.3 Å². The van der Waals surface area contributed by atoms with Crippen LogP contribution in [0, 0.1) is 0 Å². The van der Waals surface area contributed by atoms with Crippen molar-refractivity contribution < 1.29 is 14.6 Å². The number of hydrogen-bond acceptors (Lipinski definition) is 4. The minimum absolute atomic E-state index is 0.0426. The number of nitrogens with zero attached hydrogens (tertiary/aromatic N) is 1. The van der Waals surface area contributed by atoms with Crippen molar-refractivity contribution in [2.75, 3.05) is 13.2 Å². The van der Waals surface area contributed by atoms with Gasteiger partial charge in [0.05, 0.1) is 6.61 Å². The molecule has 1 amide bonds. The molecule has 0 bridgehead atoms. The largest absolute Gasteiger partial charge is 0.491 e.